The van der Waals surface area contributed by atoms with Gasteiger partial charge < -0.3 is 8.85 Å². The van der Waals surface area contributed by atoms with E-state index in [1.807, 2.05) is 27.7 Å². The van der Waals surface area contributed by atoms with E-state index in [0.29, 0.717) is 12.2 Å². The molecule has 0 aromatic heterocycles. The summed E-state index contributed by atoms with van der Waals surface area (Å²) in [6, 6.07) is 0. The van der Waals surface area contributed by atoms with Gasteiger partial charge in [-0.1, -0.05) is 0 Å². The molecule has 0 atom stereocenters. The van der Waals surface area contributed by atoms with Crippen molar-refractivity contribution in [2.45, 2.75) is 46.4 Å². The van der Waals surface area contributed by atoms with Crippen molar-refractivity contribution < 1.29 is 13.6 Å². The van der Waals surface area contributed by atoms with Crippen LogP contribution in [0.5, 0.6) is 0 Å². The topological polar surface area (TPSA) is 59.4 Å². The first-order valence-electron chi connectivity index (χ1n) is 4.28. The molecule has 0 aliphatic heterocycles. The van der Waals surface area contributed by atoms with Gasteiger partial charge in [-0.05, 0) is 34.2 Å². The molecule has 0 bridgehead atoms. The lowest BCUT2D eigenvalue weighted by molar-refractivity contribution is 0.134. The summed E-state index contributed by atoms with van der Waals surface area (Å²) in [5.41, 5.74) is 0. The van der Waals surface area contributed by atoms with E-state index in [-0.39, 0.29) is 0 Å². The normalized spacial score (nSPS) is 9.85. The molecule has 0 saturated heterocycles. The Hall–Kier alpha value is -0.483. The molecule has 0 amide bonds. The molecular formula is C8H19NO3Si. The first kappa shape index (κ1) is 15.0. The van der Waals surface area contributed by atoms with Gasteiger partial charge in [0.2, 0.25) is 6.08 Å². The predicted molar refractivity (Wildman–Crippen MR) is 53.9 cm³/mol. The number of rotatable bonds is 4. The Bertz CT molecular complexity index is 134. The predicted octanol–water partition coefficient (Wildman–Crippen LogP) is 1.59. The second-order valence-electron chi connectivity index (χ2n) is 3.04. The Morgan fingerprint density at radius 3 is 1.54 bits per heavy atom. The smallest absolute Gasteiger partial charge is 0.318 e. The van der Waals surface area contributed by atoms with Crippen LogP contribution in [0.3, 0.4) is 0 Å². The van der Waals surface area contributed by atoms with Crippen LogP contribution in [0.15, 0.2) is 0 Å². The lowest BCUT2D eigenvalue weighted by Crippen LogP contribution is -2.25. The third-order valence-electron chi connectivity index (χ3n) is 0.928. The van der Waals surface area contributed by atoms with Crippen molar-refractivity contribution in [3.63, 3.8) is 0 Å². The summed E-state index contributed by atoms with van der Waals surface area (Å²) in [4.78, 5) is 8.35. The molecule has 1 N–H and O–H groups in total. The lowest BCUT2D eigenvalue weighted by Gasteiger charge is -2.17. The zero-order valence-corrected chi connectivity index (χ0v) is 10.1. The average molecular weight is 205 g/mol. The van der Waals surface area contributed by atoms with Gasteiger partial charge in [0.15, 0.2) is 0 Å². The van der Waals surface area contributed by atoms with Gasteiger partial charge in [-0.25, -0.2) is 10.2 Å². The Morgan fingerprint density at radius 1 is 1.15 bits per heavy atom. The fourth-order valence-corrected chi connectivity index (χ4v) is 2.40. The highest BCUT2D eigenvalue weighted by Gasteiger charge is 2.08. The maximum absolute atomic E-state index is 8.35. The Morgan fingerprint density at radius 2 is 1.38 bits per heavy atom. The molecule has 13 heavy (non-hydrogen) atoms. The molecule has 0 saturated carbocycles. The van der Waals surface area contributed by atoms with Crippen LogP contribution in [0, 0.1) is 5.41 Å². The first-order chi connectivity index (χ1) is 5.93. The molecular weight excluding hydrogens is 186 g/mol. The van der Waals surface area contributed by atoms with Crippen molar-refractivity contribution >= 4 is 15.4 Å². The molecule has 0 fully saturated rings. The third-order valence-corrected chi connectivity index (χ3v) is 2.78. The summed E-state index contributed by atoms with van der Waals surface area (Å²) in [5.74, 6) is 0. The zero-order chi connectivity index (χ0) is 10.9. The van der Waals surface area contributed by atoms with Crippen LogP contribution < -0.4 is 0 Å². The third kappa shape index (κ3) is 18.5. The summed E-state index contributed by atoms with van der Waals surface area (Å²) in [6.07, 6.45) is 1.36. The Balaban J connectivity index is 0. The molecule has 5 heteroatoms. The molecule has 0 aliphatic rings. The van der Waals surface area contributed by atoms with E-state index in [2.05, 4.69) is 6.55 Å². The van der Waals surface area contributed by atoms with Crippen LogP contribution in [0.4, 0.5) is 0 Å². The van der Waals surface area contributed by atoms with Crippen LogP contribution in [0.25, 0.3) is 0 Å². The van der Waals surface area contributed by atoms with E-state index in [4.69, 9.17) is 19.1 Å². The van der Waals surface area contributed by atoms with Crippen molar-refractivity contribution in [1.82, 2.24) is 0 Å². The minimum Gasteiger partial charge on any atom is -0.394 e. The second kappa shape index (κ2) is 9.60. The Labute approximate surface area is 81.6 Å². The molecule has 0 rings (SSSR count). The van der Waals surface area contributed by atoms with Gasteiger partial charge in [0, 0.05) is 12.2 Å². The Kier molecular flexibility index (Phi) is 11.1. The summed E-state index contributed by atoms with van der Waals surface area (Å²) >= 11 is 0. The van der Waals surface area contributed by atoms with Crippen LogP contribution in [0.1, 0.15) is 27.7 Å². The highest BCUT2D eigenvalue weighted by Crippen LogP contribution is 1.98. The van der Waals surface area contributed by atoms with Gasteiger partial charge in [0.05, 0.1) is 0 Å². The average Bonchev–Trinajstić information content (AvgIpc) is 1.83. The van der Waals surface area contributed by atoms with Crippen molar-refractivity contribution in [3.8, 4) is 0 Å². The van der Waals surface area contributed by atoms with Crippen LogP contribution >= 0.6 is 0 Å². The maximum Gasteiger partial charge on any atom is 0.318 e. The van der Waals surface area contributed by atoms with Gasteiger partial charge in [-0.15, -0.1) is 0 Å². The molecule has 78 valence electrons. The zero-order valence-electron chi connectivity index (χ0n) is 8.96. The molecule has 0 unspecified atom stereocenters. The van der Waals surface area contributed by atoms with E-state index < -0.39 is 9.28 Å². The van der Waals surface area contributed by atoms with Gasteiger partial charge in [0.25, 0.3) is 0 Å². The molecule has 4 nitrogen and oxygen atoms in total. The molecule has 0 radical (unpaired) electrons. The van der Waals surface area contributed by atoms with Crippen LogP contribution in [0.2, 0.25) is 6.55 Å². The van der Waals surface area contributed by atoms with Crippen molar-refractivity contribution in [3.05, 3.63) is 0 Å². The second-order valence-corrected chi connectivity index (χ2v) is 4.72. The minimum atomic E-state index is -1.32. The fraction of sp³-hybridized carbons (Fsp3) is 0.875. The van der Waals surface area contributed by atoms with Crippen LogP contribution in [-0.2, 0) is 13.6 Å². The first-order valence-corrected chi connectivity index (χ1v) is 6.38. The van der Waals surface area contributed by atoms with E-state index in [0.717, 1.165) is 6.08 Å². The summed E-state index contributed by atoms with van der Waals surface area (Å²) in [6.45, 7) is 10.2. The largest absolute Gasteiger partial charge is 0.394 e. The summed E-state index contributed by atoms with van der Waals surface area (Å²) in [7, 11) is -1.32. The van der Waals surface area contributed by atoms with Crippen molar-refractivity contribution in [2.75, 3.05) is 0 Å². The maximum atomic E-state index is 8.35. The van der Waals surface area contributed by atoms with E-state index in [1.165, 1.54) is 0 Å². The van der Waals surface area contributed by atoms with Crippen molar-refractivity contribution in [1.29, 1.82) is 5.41 Å². The van der Waals surface area contributed by atoms with E-state index in [1.54, 1.807) is 0 Å². The quantitative estimate of drug-likeness (QED) is 0.431. The standard InChI is InChI=1S/C7H18O2Si.CHNO/c1-6(2)8-10(5)9-7(3)4;2-1-3/h6-7,10H,1-5H3;2H. The van der Waals surface area contributed by atoms with Gasteiger partial charge in [-0.2, -0.15) is 0 Å². The molecule has 0 heterocycles. The monoisotopic (exact) mass is 205 g/mol. The fourth-order valence-electron chi connectivity index (χ4n) is 0.799. The summed E-state index contributed by atoms with van der Waals surface area (Å²) in [5, 5.41) is 5.40. The minimum absolute atomic E-state index is 0.306. The molecule has 0 aliphatic carbocycles. The highest BCUT2D eigenvalue weighted by atomic mass is 28.3. The molecule has 0 aromatic rings. The number of carbonyl (C=O) groups excluding carboxylic acids is 1. The van der Waals surface area contributed by atoms with E-state index >= 15 is 0 Å². The van der Waals surface area contributed by atoms with Gasteiger partial charge in [-0.3, -0.25) is 0 Å². The summed E-state index contributed by atoms with van der Waals surface area (Å²) < 4.78 is 11.0. The number of hydrogen-bond acceptors (Lipinski definition) is 4. The number of nitrogens with one attached hydrogen (secondary N) is 1. The number of isocyanates is 1. The SMILES string of the molecule is CC(C)O[SiH](C)OC(C)C.N=C=O. The van der Waals surface area contributed by atoms with E-state index in [9.17, 15) is 0 Å². The molecule has 0 spiro atoms. The van der Waals surface area contributed by atoms with Crippen molar-refractivity contribution in [2.24, 2.45) is 0 Å². The highest BCUT2D eigenvalue weighted by molar-refractivity contribution is 6.42. The molecule has 0 aromatic carbocycles. The lowest BCUT2D eigenvalue weighted by atomic mass is 10.5. The van der Waals surface area contributed by atoms with Gasteiger partial charge >= 0.3 is 9.28 Å². The van der Waals surface area contributed by atoms with Crippen LogP contribution in [-0.4, -0.2) is 27.6 Å². The number of hydrogen-bond donors (Lipinski definition) is 1. The van der Waals surface area contributed by atoms with Gasteiger partial charge in [0.1, 0.15) is 0 Å².